The summed E-state index contributed by atoms with van der Waals surface area (Å²) in [5, 5.41) is 14.5. The van der Waals surface area contributed by atoms with Crippen molar-refractivity contribution in [2.24, 2.45) is 0 Å². The second-order valence-electron chi connectivity index (χ2n) is 7.71. The van der Waals surface area contributed by atoms with Gasteiger partial charge in [-0.1, -0.05) is 80.9 Å². The molecule has 146 valence electrons. The second-order valence-corrected chi connectivity index (χ2v) is 7.71. The number of likely N-dealkylation sites (tertiary alicyclic amines) is 1. The van der Waals surface area contributed by atoms with Crippen molar-refractivity contribution in [3.8, 4) is 0 Å². The van der Waals surface area contributed by atoms with Crippen LogP contribution in [-0.2, 0) is 0 Å². The topological polar surface area (TPSA) is 35.5 Å². The number of aliphatic hydroxyl groups is 1. The van der Waals surface area contributed by atoms with Crippen LogP contribution in [0.5, 0.6) is 0 Å². The predicted molar refractivity (Wildman–Crippen MR) is 113 cm³/mol. The van der Waals surface area contributed by atoms with Crippen molar-refractivity contribution in [2.45, 2.75) is 63.8 Å². The van der Waals surface area contributed by atoms with Gasteiger partial charge in [-0.15, -0.1) is 0 Å². The highest BCUT2D eigenvalue weighted by molar-refractivity contribution is 5.20. The van der Waals surface area contributed by atoms with Gasteiger partial charge in [0.15, 0.2) is 0 Å². The van der Waals surface area contributed by atoms with Crippen LogP contribution in [0.4, 0.5) is 0 Å². The Bertz CT molecular complexity index is 661. The molecule has 2 aromatic rings. The SMILES string of the molecule is CCCC(N[C@@H]1CN(C(CC)c2ccccc2)CC[C@H]1O)c1ccccc1. The highest BCUT2D eigenvalue weighted by Gasteiger charge is 2.32. The lowest BCUT2D eigenvalue weighted by Crippen LogP contribution is -2.55. The van der Waals surface area contributed by atoms with E-state index in [0.29, 0.717) is 12.1 Å². The largest absolute Gasteiger partial charge is 0.391 e. The number of hydrogen-bond acceptors (Lipinski definition) is 3. The van der Waals surface area contributed by atoms with E-state index >= 15 is 0 Å². The minimum Gasteiger partial charge on any atom is -0.391 e. The molecular weight excluding hydrogens is 332 g/mol. The third-order valence-electron chi connectivity index (χ3n) is 5.81. The van der Waals surface area contributed by atoms with Crippen LogP contribution in [0.1, 0.15) is 62.7 Å². The Balaban J connectivity index is 1.72. The Morgan fingerprint density at radius 2 is 1.63 bits per heavy atom. The lowest BCUT2D eigenvalue weighted by atomic mass is 9.94. The first-order valence-corrected chi connectivity index (χ1v) is 10.5. The summed E-state index contributed by atoms with van der Waals surface area (Å²) in [6.45, 7) is 6.33. The predicted octanol–water partition coefficient (Wildman–Crippen LogP) is 4.70. The molecule has 2 unspecified atom stereocenters. The van der Waals surface area contributed by atoms with Crippen LogP contribution in [0.25, 0.3) is 0 Å². The fraction of sp³-hybridized carbons (Fsp3) is 0.500. The van der Waals surface area contributed by atoms with Crippen molar-refractivity contribution in [3.63, 3.8) is 0 Å². The lowest BCUT2D eigenvalue weighted by molar-refractivity contribution is 0.0230. The van der Waals surface area contributed by atoms with E-state index in [9.17, 15) is 5.11 Å². The van der Waals surface area contributed by atoms with E-state index in [2.05, 4.69) is 84.7 Å². The minimum absolute atomic E-state index is 0.105. The van der Waals surface area contributed by atoms with E-state index in [1.54, 1.807) is 0 Å². The maximum Gasteiger partial charge on any atom is 0.0718 e. The first-order valence-electron chi connectivity index (χ1n) is 10.5. The van der Waals surface area contributed by atoms with E-state index in [1.807, 2.05) is 0 Å². The van der Waals surface area contributed by atoms with Crippen LogP contribution in [0, 0.1) is 0 Å². The number of aliphatic hydroxyl groups excluding tert-OH is 1. The van der Waals surface area contributed by atoms with Crippen LogP contribution >= 0.6 is 0 Å². The number of rotatable bonds is 8. The molecule has 1 aliphatic rings. The van der Waals surface area contributed by atoms with Gasteiger partial charge >= 0.3 is 0 Å². The molecule has 2 aromatic carbocycles. The summed E-state index contributed by atoms with van der Waals surface area (Å²) >= 11 is 0. The van der Waals surface area contributed by atoms with Gasteiger partial charge in [0, 0.05) is 31.2 Å². The Kier molecular flexibility index (Phi) is 7.45. The number of nitrogens with zero attached hydrogens (tertiary/aromatic N) is 1. The summed E-state index contributed by atoms with van der Waals surface area (Å²) in [6.07, 6.45) is 3.85. The molecule has 0 radical (unpaired) electrons. The molecule has 3 heteroatoms. The highest BCUT2D eigenvalue weighted by atomic mass is 16.3. The van der Waals surface area contributed by atoms with E-state index in [1.165, 1.54) is 11.1 Å². The molecule has 1 saturated heterocycles. The molecule has 1 aliphatic heterocycles. The van der Waals surface area contributed by atoms with Crippen LogP contribution in [0.15, 0.2) is 60.7 Å². The second kappa shape index (κ2) is 10.0. The zero-order valence-electron chi connectivity index (χ0n) is 16.7. The molecule has 0 bridgehead atoms. The Labute approximate surface area is 164 Å². The van der Waals surface area contributed by atoms with E-state index in [4.69, 9.17) is 0 Å². The molecule has 0 saturated carbocycles. The fourth-order valence-electron chi connectivity index (χ4n) is 4.37. The first kappa shape index (κ1) is 20.1. The summed E-state index contributed by atoms with van der Waals surface area (Å²) in [5.74, 6) is 0. The Morgan fingerprint density at radius 1 is 1.00 bits per heavy atom. The Hall–Kier alpha value is -1.68. The quantitative estimate of drug-likeness (QED) is 0.710. The maximum absolute atomic E-state index is 10.7. The zero-order chi connectivity index (χ0) is 19.1. The maximum atomic E-state index is 10.7. The lowest BCUT2D eigenvalue weighted by Gasteiger charge is -2.42. The van der Waals surface area contributed by atoms with Gasteiger partial charge in [0.25, 0.3) is 0 Å². The average molecular weight is 367 g/mol. The van der Waals surface area contributed by atoms with Gasteiger partial charge in [0.2, 0.25) is 0 Å². The number of nitrogens with one attached hydrogen (secondary N) is 1. The molecule has 3 rings (SSSR count). The van der Waals surface area contributed by atoms with Gasteiger partial charge in [-0.05, 0) is 30.4 Å². The molecule has 1 fully saturated rings. The summed E-state index contributed by atoms with van der Waals surface area (Å²) in [4.78, 5) is 2.55. The third kappa shape index (κ3) is 5.19. The van der Waals surface area contributed by atoms with E-state index < -0.39 is 0 Å². The van der Waals surface area contributed by atoms with Crippen molar-refractivity contribution in [2.75, 3.05) is 13.1 Å². The Morgan fingerprint density at radius 3 is 2.22 bits per heavy atom. The zero-order valence-corrected chi connectivity index (χ0v) is 16.7. The molecule has 2 N–H and O–H groups in total. The van der Waals surface area contributed by atoms with Gasteiger partial charge in [0.05, 0.1) is 6.10 Å². The smallest absolute Gasteiger partial charge is 0.0718 e. The molecule has 0 aliphatic carbocycles. The summed E-state index contributed by atoms with van der Waals surface area (Å²) in [6, 6.07) is 22.3. The van der Waals surface area contributed by atoms with Gasteiger partial charge in [0.1, 0.15) is 0 Å². The molecule has 1 heterocycles. The van der Waals surface area contributed by atoms with Gasteiger partial charge < -0.3 is 10.4 Å². The molecule has 3 nitrogen and oxygen atoms in total. The summed E-state index contributed by atoms with van der Waals surface area (Å²) in [7, 11) is 0. The number of benzene rings is 2. The van der Waals surface area contributed by atoms with Crippen molar-refractivity contribution < 1.29 is 5.11 Å². The monoisotopic (exact) mass is 366 g/mol. The normalized spacial score (nSPS) is 23.1. The van der Waals surface area contributed by atoms with Crippen LogP contribution in [-0.4, -0.2) is 35.2 Å². The van der Waals surface area contributed by atoms with Gasteiger partial charge in [-0.2, -0.15) is 0 Å². The molecular formula is C24H34N2O. The summed E-state index contributed by atoms with van der Waals surface area (Å²) < 4.78 is 0. The van der Waals surface area contributed by atoms with E-state index in [-0.39, 0.29) is 12.1 Å². The van der Waals surface area contributed by atoms with Gasteiger partial charge in [-0.3, -0.25) is 4.90 Å². The third-order valence-corrected chi connectivity index (χ3v) is 5.81. The summed E-state index contributed by atoms with van der Waals surface area (Å²) in [5.41, 5.74) is 2.70. The van der Waals surface area contributed by atoms with Crippen LogP contribution in [0.2, 0.25) is 0 Å². The highest BCUT2D eigenvalue weighted by Crippen LogP contribution is 2.29. The fourth-order valence-corrected chi connectivity index (χ4v) is 4.37. The molecule has 0 aromatic heterocycles. The average Bonchev–Trinajstić information content (AvgIpc) is 2.72. The van der Waals surface area contributed by atoms with E-state index in [0.717, 1.165) is 38.8 Å². The number of hydrogen-bond donors (Lipinski definition) is 2. The molecule has 0 amide bonds. The first-order chi connectivity index (χ1) is 13.2. The van der Waals surface area contributed by atoms with Gasteiger partial charge in [-0.25, -0.2) is 0 Å². The van der Waals surface area contributed by atoms with Crippen LogP contribution in [0.3, 0.4) is 0 Å². The van der Waals surface area contributed by atoms with Crippen molar-refractivity contribution in [1.82, 2.24) is 10.2 Å². The minimum atomic E-state index is -0.280. The van der Waals surface area contributed by atoms with Crippen LogP contribution < -0.4 is 5.32 Å². The molecule has 4 atom stereocenters. The molecule has 0 spiro atoms. The van der Waals surface area contributed by atoms with Crippen molar-refractivity contribution >= 4 is 0 Å². The van der Waals surface area contributed by atoms with Crippen molar-refractivity contribution in [3.05, 3.63) is 71.8 Å². The standard InChI is InChI=1S/C24H34N2O/c1-3-11-21(19-12-7-5-8-13-19)25-22-18-26(17-16-24(22)27)23(4-2)20-14-9-6-10-15-20/h5-10,12-15,21-25,27H,3-4,11,16-18H2,1-2H3/t21?,22-,23?,24-/m1/s1. The number of piperidine rings is 1. The molecule has 27 heavy (non-hydrogen) atoms. The van der Waals surface area contributed by atoms with Crippen molar-refractivity contribution in [1.29, 1.82) is 0 Å².